The molecule has 0 radical (unpaired) electrons. The van der Waals surface area contributed by atoms with Gasteiger partial charge in [-0.25, -0.2) is 0 Å². The molecule has 110 valence electrons. The fraction of sp³-hybridized carbons (Fsp3) is 0.368. The number of fused-ring (bicyclic) bond motifs is 1. The van der Waals surface area contributed by atoms with Gasteiger partial charge in [-0.15, -0.1) is 0 Å². The molecule has 0 spiro atoms. The average Bonchev–Trinajstić information content (AvgIpc) is 2.83. The summed E-state index contributed by atoms with van der Waals surface area (Å²) >= 11 is 0. The summed E-state index contributed by atoms with van der Waals surface area (Å²) in [5, 5.41) is 3.26. The smallest absolute Gasteiger partial charge is 0.0449 e. The Morgan fingerprint density at radius 2 is 1.76 bits per heavy atom. The van der Waals surface area contributed by atoms with Gasteiger partial charge in [-0.1, -0.05) is 43.3 Å². The first-order valence-electron chi connectivity index (χ1n) is 7.81. The first-order valence-corrected chi connectivity index (χ1v) is 7.81. The lowest BCUT2D eigenvalue weighted by Gasteiger charge is -2.26. The third kappa shape index (κ3) is 2.68. The number of rotatable bonds is 5. The van der Waals surface area contributed by atoms with Crippen LogP contribution in [-0.4, -0.2) is 20.1 Å². The van der Waals surface area contributed by atoms with Gasteiger partial charge in [-0.2, -0.15) is 0 Å². The van der Waals surface area contributed by atoms with Gasteiger partial charge < -0.3 is 10.2 Å². The molecule has 1 heterocycles. The van der Waals surface area contributed by atoms with Gasteiger partial charge in [0, 0.05) is 23.3 Å². The number of nitrogens with zero attached hydrogens (tertiary/aromatic N) is 1. The van der Waals surface area contributed by atoms with Crippen molar-refractivity contribution in [3.63, 3.8) is 0 Å². The third-order valence-corrected chi connectivity index (χ3v) is 4.58. The number of anilines is 2. The monoisotopic (exact) mass is 280 g/mol. The average molecular weight is 280 g/mol. The summed E-state index contributed by atoms with van der Waals surface area (Å²) in [5.41, 5.74) is 4.39. The largest absolute Gasteiger partial charge is 0.340 e. The molecule has 1 aliphatic heterocycles. The van der Waals surface area contributed by atoms with Gasteiger partial charge >= 0.3 is 0 Å². The van der Waals surface area contributed by atoms with Gasteiger partial charge in [0.2, 0.25) is 0 Å². The fourth-order valence-corrected chi connectivity index (χ4v) is 3.45. The van der Waals surface area contributed by atoms with Gasteiger partial charge in [0.05, 0.1) is 0 Å². The van der Waals surface area contributed by atoms with Crippen molar-refractivity contribution in [3.05, 3.63) is 60.2 Å². The molecule has 2 nitrogen and oxygen atoms in total. The van der Waals surface area contributed by atoms with E-state index in [1.807, 2.05) is 7.05 Å². The van der Waals surface area contributed by atoms with E-state index in [0.717, 1.165) is 13.1 Å². The van der Waals surface area contributed by atoms with Crippen LogP contribution in [0.25, 0.3) is 0 Å². The summed E-state index contributed by atoms with van der Waals surface area (Å²) in [6, 6.07) is 19.6. The van der Waals surface area contributed by atoms with Crippen LogP contribution in [0.3, 0.4) is 0 Å². The lowest BCUT2D eigenvalue weighted by molar-refractivity contribution is 0.445. The lowest BCUT2D eigenvalue weighted by Crippen LogP contribution is -2.29. The minimum Gasteiger partial charge on any atom is -0.340 e. The molecular weight excluding hydrogens is 256 g/mol. The summed E-state index contributed by atoms with van der Waals surface area (Å²) in [7, 11) is 2.03. The van der Waals surface area contributed by atoms with E-state index in [2.05, 4.69) is 71.7 Å². The van der Waals surface area contributed by atoms with Crippen molar-refractivity contribution in [2.45, 2.75) is 25.2 Å². The van der Waals surface area contributed by atoms with Gasteiger partial charge in [-0.05, 0) is 50.2 Å². The zero-order valence-corrected chi connectivity index (χ0v) is 13.0. The topological polar surface area (TPSA) is 15.3 Å². The lowest BCUT2D eigenvalue weighted by atomic mass is 9.80. The van der Waals surface area contributed by atoms with Crippen LogP contribution in [0.15, 0.2) is 54.6 Å². The van der Waals surface area contributed by atoms with Crippen LogP contribution in [-0.2, 0) is 5.41 Å². The highest BCUT2D eigenvalue weighted by Gasteiger charge is 2.38. The fourth-order valence-electron chi connectivity index (χ4n) is 3.45. The maximum absolute atomic E-state index is 3.26. The zero-order valence-electron chi connectivity index (χ0n) is 13.0. The van der Waals surface area contributed by atoms with E-state index in [0.29, 0.717) is 0 Å². The zero-order chi connectivity index (χ0) is 14.7. The molecule has 0 saturated carbocycles. The van der Waals surface area contributed by atoms with Crippen LogP contribution in [0, 0.1) is 0 Å². The quantitative estimate of drug-likeness (QED) is 0.830. The van der Waals surface area contributed by atoms with E-state index in [-0.39, 0.29) is 5.41 Å². The number of hydrogen-bond acceptors (Lipinski definition) is 2. The van der Waals surface area contributed by atoms with Crippen molar-refractivity contribution >= 4 is 11.4 Å². The predicted molar refractivity (Wildman–Crippen MR) is 90.4 cm³/mol. The van der Waals surface area contributed by atoms with Crippen LogP contribution in [0.5, 0.6) is 0 Å². The molecule has 0 aliphatic carbocycles. The summed E-state index contributed by atoms with van der Waals surface area (Å²) in [6.45, 7) is 4.56. The van der Waals surface area contributed by atoms with E-state index in [1.54, 1.807) is 0 Å². The van der Waals surface area contributed by atoms with E-state index >= 15 is 0 Å². The van der Waals surface area contributed by atoms with Crippen molar-refractivity contribution in [2.24, 2.45) is 0 Å². The van der Waals surface area contributed by atoms with Gasteiger partial charge in [-0.3, -0.25) is 0 Å². The Morgan fingerprint density at radius 3 is 2.52 bits per heavy atom. The highest BCUT2D eigenvalue weighted by Crippen LogP contribution is 2.46. The maximum Gasteiger partial charge on any atom is 0.0449 e. The Morgan fingerprint density at radius 1 is 1.05 bits per heavy atom. The van der Waals surface area contributed by atoms with Gasteiger partial charge in [0.15, 0.2) is 0 Å². The number of nitrogens with one attached hydrogen (secondary N) is 1. The highest BCUT2D eigenvalue weighted by atomic mass is 15.2. The first-order chi connectivity index (χ1) is 10.2. The van der Waals surface area contributed by atoms with Gasteiger partial charge in [0.1, 0.15) is 0 Å². The molecule has 1 atom stereocenters. The second-order valence-electron chi connectivity index (χ2n) is 6.21. The molecule has 1 N–H and O–H groups in total. The molecule has 2 aromatic carbocycles. The Kier molecular flexibility index (Phi) is 3.98. The number of benzene rings is 2. The van der Waals surface area contributed by atoms with Crippen molar-refractivity contribution in [1.29, 1.82) is 0 Å². The normalized spacial score (nSPS) is 20.6. The molecule has 0 unspecified atom stereocenters. The molecule has 2 heteroatoms. The molecule has 3 rings (SSSR count). The molecule has 2 aromatic rings. The van der Waals surface area contributed by atoms with Crippen LogP contribution in [0.1, 0.15) is 25.3 Å². The second-order valence-corrected chi connectivity index (χ2v) is 6.21. The molecular formula is C19H24N2. The number of para-hydroxylation sites is 2. The van der Waals surface area contributed by atoms with E-state index < -0.39 is 0 Å². The van der Waals surface area contributed by atoms with Gasteiger partial charge in [0.25, 0.3) is 0 Å². The van der Waals surface area contributed by atoms with E-state index in [9.17, 15) is 0 Å². The SMILES string of the molecule is CNCCC[C@]1(C)CN(c2ccccc2)c2ccccc21. The van der Waals surface area contributed by atoms with Crippen LogP contribution in [0.4, 0.5) is 11.4 Å². The van der Waals surface area contributed by atoms with Crippen LogP contribution >= 0.6 is 0 Å². The second kappa shape index (κ2) is 5.90. The summed E-state index contributed by atoms with van der Waals surface area (Å²) in [5.74, 6) is 0. The van der Waals surface area contributed by atoms with Crippen LogP contribution in [0.2, 0.25) is 0 Å². The Balaban J connectivity index is 1.93. The molecule has 0 aromatic heterocycles. The Labute approximate surface area is 127 Å². The van der Waals surface area contributed by atoms with E-state index in [1.165, 1.54) is 29.8 Å². The molecule has 0 bridgehead atoms. The number of hydrogen-bond donors (Lipinski definition) is 1. The standard InChI is InChI=1S/C19H24N2/c1-19(13-8-14-20-2)15-21(16-9-4-3-5-10-16)18-12-7-6-11-17(18)19/h3-7,9-12,20H,8,13-15H2,1-2H3/t19-/m1/s1. The predicted octanol–water partition coefficient (Wildman–Crippen LogP) is 4.10. The molecule has 1 aliphatic rings. The summed E-state index contributed by atoms with van der Waals surface area (Å²) in [4.78, 5) is 2.47. The molecule has 0 saturated heterocycles. The van der Waals surface area contributed by atoms with Crippen molar-refractivity contribution in [2.75, 3.05) is 25.0 Å². The van der Waals surface area contributed by atoms with E-state index in [4.69, 9.17) is 0 Å². The Hall–Kier alpha value is -1.80. The van der Waals surface area contributed by atoms with Crippen molar-refractivity contribution < 1.29 is 0 Å². The molecule has 0 amide bonds. The van der Waals surface area contributed by atoms with Crippen LogP contribution < -0.4 is 10.2 Å². The minimum atomic E-state index is 0.239. The molecule has 0 fully saturated rings. The Bertz CT molecular complexity index is 594. The van der Waals surface area contributed by atoms with Crippen molar-refractivity contribution in [1.82, 2.24) is 5.32 Å². The third-order valence-electron chi connectivity index (χ3n) is 4.58. The first kappa shape index (κ1) is 14.2. The summed E-state index contributed by atoms with van der Waals surface area (Å²) in [6.07, 6.45) is 2.43. The maximum atomic E-state index is 3.26. The minimum absolute atomic E-state index is 0.239. The molecule has 21 heavy (non-hydrogen) atoms. The highest BCUT2D eigenvalue weighted by molar-refractivity contribution is 5.72. The summed E-state index contributed by atoms with van der Waals surface area (Å²) < 4.78 is 0. The van der Waals surface area contributed by atoms with Crippen molar-refractivity contribution in [3.8, 4) is 0 Å².